The van der Waals surface area contributed by atoms with Crippen LogP contribution in [0.2, 0.25) is 5.02 Å². The van der Waals surface area contributed by atoms with Crippen LogP contribution in [0.25, 0.3) is 4.85 Å². The van der Waals surface area contributed by atoms with Gasteiger partial charge in [0.25, 0.3) is 0 Å². The molecule has 0 saturated heterocycles. The number of nitrogens with one attached hydrogen (secondary N) is 1. The van der Waals surface area contributed by atoms with Gasteiger partial charge in [-0.15, -0.1) is 0 Å². The molecule has 1 saturated carbocycles. The average molecular weight is 277 g/mol. The molecule has 1 N–H and O–H groups in total. The summed E-state index contributed by atoms with van der Waals surface area (Å²) in [7, 11) is 0. The summed E-state index contributed by atoms with van der Waals surface area (Å²) in [6.45, 7) is 10.9. The van der Waals surface area contributed by atoms with Crippen molar-refractivity contribution in [3.8, 4) is 0 Å². The van der Waals surface area contributed by atoms with Crippen molar-refractivity contribution >= 4 is 11.6 Å². The summed E-state index contributed by atoms with van der Waals surface area (Å²) in [6.07, 6.45) is 4.68. The number of hydrogen-bond acceptors (Lipinski definition) is 1. The zero-order valence-corrected chi connectivity index (χ0v) is 12.2. The van der Waals surface area contributed by atoms with E-state index in [1.807, 2.05) is 12.1 Å². The summed E-state index contributed by atoms with van der Waals surface area (Å²) >= 11 is 5.88. The van der Waals surface area contributed by atoms with Crippen LogP contribution in [0, 0.1) is 12.0 Å². The number of rotatable bonds is 4. The first kappa shape index (κ1) is 14.4. The van der Waals surface area contributed by atoms with Crippen molar-refractivity contribution in [2.75, 3.05) is 6.54 Å². The molecule has 3 heteroatoms. The Morgan fingerprint density at radius 2 is 1.95 bits per heavy atom. The normalized spacial score (nSPS) is 26.9. The topological polar surface area (TPSA) is 16.4 Å². The summed E-state index contributed by atoms with van der Waals surface area (Å²) < 4.78 is 0. The largest absolute Gasteiger partial charge is 0.316 e. The molecule has 0 aromatic heterocycles. The van der Waals surface area contributed by atoms with Gasteiger partial charge in [-0.25, -0.2) is 6.57 Å². The lowest BCUT2D eigenvalue weighted by Crippen LogP contribution is -2.37. The van der Waals surface area contributed by atoms with Crippen molar-refractivity contribution in [3.05, 3.63) is 46.3 Å². The lowest BCUT2D eigenvalue weighted by atomic mass is 9.74. The Kier molecular flexibility index (Phi) is 4.85. The van der Waals surface area contributed by atoms with Crippen LogP contribution in [0.4, 0.5) is 0 Å². The summed E-state index contributed by atoms with van der Waals surface area (Å²) in [5, 5.41) is 4.40. The zero-order valence-electron chi connectivity index (χ0n) is 11.5. The minimum Gasteiger partial charge on any atom is -0.316 e. The van der Waals surface area contributed by atoms with Gasteiger partial charge in [0.1, 0.15) is 0 Å². The third kappa shape index (κ3) is 4.23. The third-order valence-corrected chi connectivity index (χ3v) is 4.41. The summed E-state index contributed by atoms with van der Waals surface area (Å²) in [6, 6.07) is 8.61. The number of hydrogen-bond donors (Lipinski definition) is 1. The van der Waals surface area contributed by atoms with Crippen molar-refractivity contribution in [2.24, 2.45) is 5.41 Å². The van der Waals surface area contributed by atoms with E-state index in [2.05, 4.69) is 29.2 Å². The van der Waals surface area contributed by atoms with Crippen LogP contribution < -0.4 is 5.32 Å². The van der Waals surface area contributed by atoms with E-state index in [4.69, 9.17) is 18.2 Å². The highest BCUT2D eigenvalue weighted by atomic mass is 35.5. The van der Waals surface area contributed by atoms with E-state index in [1.165, 1.54) is 18.4 Å². The second-order valence-electron chi connectivity index (χ2n) is 5.91. The van der Waals surface area contributed by atoms with Crippen LogP contribution in [-0.4, -0.2) is 12.6 Å². The van der Waals surface area contributed by atoms with E-state index in [9.17, 15) is 0 Å². The van der Waals surface area contributed by atoms with Crippen molar-refractivity contribution in [3.63, 3.8) is 0 Å². The minimum absolute atomic E-state index is 0.250. The first-order chi connectivity index (χ1) is 9.11. The van der Waals surface area contributed by atoms with Gasteiger partial charge in [-0.05, 0) is 43.4 Å². The van der Waals surface area contributed by atoms with Gasteiger partial charge in [-0.1, -0.05) is 30.7 Å². The monoisotopic (exact) mass is 276 g/mol. The predicted molar refractivity (Wildman–Crippen MR) is 80.1 cm³/mol. The van der Waals surface area contributed by atoms with Crippen LogP contribution in [0.1, 0.15) is 38.2 Å². The zero-order chi connectivity index (χ0) is 13.7. The van der Waals surface area contributed by atoms with Gasteiger partial charge in [0, 0.05) is 23.0 Å². The Labute approximate surface area is 121 Å². The Balaban J connectivity index is 1.77. The van der Waals surface area contributed by atoms with Crippen LogP contribution in [0.5, 0.6) is 0 Å². The molecule has 1 aromatic carbocycles. The molecule has 1 aliphatic rings. The van der Waals surface area contributed by atoms with Crippen molar-refractivity contribution in [1.82, 2.24) is 5.32 Å². The predicted octanol–water partition coefficient (Wildman–Crippen LogP) is 4.30. The standard InChI is InChI=1S/C16H21ClN2/c1-16(12-18-2)9-7-15(8-10-16)19-11-13-3-5-14(17)6-4-13/h3-6,15,19H,7-12H2,1H3. The second-order valence-corrected chi connectivity index (χ2v) is 6.34. The lowest BCUT2D eigenvalue weighted by molar-refractivity contribution is 0.201. The third-order valence-electron chi connectivity index (χ3n) is 4.16. The fraction of sp³-hybridized carbons (Fsp3) is 0.562. The molecule has 0 aliphatic heterocycles. The molecule has 2 nitrogen and oxygen atoms in total. The van der Waals surface area contributed by atoms with Gasteiger partial charge in [0.05, 0.1) is 0 Å². The number of halogens is 1. The van der Waals surface area contributed by atoms with Crippen molar-refractivity contribution in [1.29, 1.82) is 0 Å². The fourth-order valence-electron chi connectivity index (χ4n) is 2.73. The average Bonchev–Trinajstić information content (AvgIpc) is 2.40. The highest BCUT2D eigenvalue weighted by molar-refractivity contribution is 6.30. The molecule has 0 bridgehead atoms. The Hall–Kier alpha value is -1.04. The van der Waals surface area contributed by atoms with Gasteiger partial charge >= 0.3 is 0 Å². The highest BCUT2D eigenvalue weighted by Crippen LogP contribution is 2.36. The van der Waals surface area contributed by atoms with Crippen LogP contribution >= 0.6 is 11.6 Å². The lowest BCUT2D eigenvalue weighted by Gasteiger charge is -2.34. The molecule has 0 spiro atoms. The van der Waals surface area contributed by atoms with E-state index >= 15 is 0 Å². The maximum atomic E-state index is 7.02. The van der Waals surface area contributed by atoms with Crippen molar-refractivity contribution in [2.45, 2.75) is 45.2 Å². The minimum atomic E-state index is 0.250. The first-order valence-corrected chi connectivity index (χ1v) is 7.30. The van der Waals surface area contributed by atoms with Gasteiger partial charge in [0.15, 0.2) is 0 Å². The molecule has 0 amide bonds. The fourth-order valence-corrected chi connectivity index (χ4v) is 2.86. The summed E-state index contributed by atoms with van der Waals surface area (Å²) in [5.41, 5.74) is 1.53. The van der Waals surface area contributed by atoms with E-state index < -0.39 is 0 Å². The second kappa shape index (κ2) is 6.41. The smallest absolute Gasteiger partial charge is 0.219 e. The quantitative estimate of drug-likeness (QED) is 0.811. The molecule has 0 heterocycles. The first-order valence-electron chi connectivity index (χ1n) is 6.92. The van der Waals surface area contributed by atoms with E-state index in [0.717, 1.165) is 24.4 Å². The molecule has 102 valence electrons. The van der Waals surface area contributed by atoms with E-state index in [0.29, 0.717) is 12.6 Å². The van der Waals surface area contributed by atoms with Gasteiger partial charge in [0.2, 0.25) is 6.54 Å². The molecule has 2 rings (SSSR count). The molecule has 1 aromatic rings. The maximum Gasteiger partial charge on any atom is 0.219 e. The SMILES string of the molecule is [C-]#[N+]CC1(C)CCC(NCc2ccc(Cl)cc2)CC1. The molecule has 0 unspecified atom stereocenters. The molecule has 19 heavy (non-hydrogen) atoms. The Morgan fingerprint density at radius 3 is 2.53 bits per heavy atom. The van der Waals surface area contributed by atoms with E-state index in [1.54, 1.807) is 0 Å². The summed E-state index contributed by atoms with van der Waals surface area (Å²) in [4.78, 5) is 3.58. The Bertz CT molecular complexity index is 439. The molecular weight excluding hydrogens is 256 g/mol. The molecular formula is C16H21ClN2. The van der Waals surface area contributed by atoms with E-state index in [-0.39, 0.29) is 5.41 Å². The summed E-state index contributed by atoms with van der Waals surface area (Å²) in [5.74, 6) is 0. The van der Waals surface area contributed by atoms with Crippen molar-refractivity contribution < 1.29 is 0 Å². The molecule has 1 aliphatic carbocycles. The highest BCUT2D eigenvalue weighted by Gasteiger charge is 2.33. The molecule has 1 fully saturated rings. The van der Waals surface area contributed by atoms with Gasteiger partial charge in [-0.2, -0.15) is 0 Å². The van der Waals surface area contributed by atoms with Gasteiger partial charge in [-0.3, -0.25) is 0 Å². The number of nitrogens with zero attached hydrogens (tertiary/aromatic N) is 1. The molecule has 0 atom stereocenters. The Morgan fingerprint density at radius 1 is 1.32 bits per heavy atom. The molecule has 0 radical (unpaired) electrons. The maximum absolute atomic E-state index is 7.02. The number of benzene rings is 1. The van der Waals surface area contributed by atoms with Gasteiger partial charge < -0.3 is 10.2 Å². The van der Waals surface area contributed by atoms with Crippen LogP contribution in [0.15, 0.2) is 24.3 Å². The van der Waals surface area contributed by atoms with Crippen LogP contribution in [0.3, 0.4) is 0 Å². The van der Waals surface area contributed by atoms with Crippen LogP contribution in [-0.2, 0) is 6.54 Å².